The number of carbonyl (C=O) groups is 3. The molecule has 0 heterocycles. The fourth-order valence-corrected chi connectivity index (χ4v) is 5.92. The highest BCUT2D eigenvalue weighted by Gasteiger charge is 2.28. The van der Waals surface area contributed by atoms with Crippen molar-refractivity contribution in [2.75, 3.05) is 19.8 Å². The standard InChI is InChI=1S/C41H72NO10P/c1-3-5-7-9-11-13-15-16-17-18-19-20-21-22-23-24-26-28-30-32-39(44)42-38(41(46)47)36-52-53(48,49)51-35-37(43)34-50-40(45)33-31-29-27-25-14-12-10-8-6-4-2/h8,10-11,13,16-17,19-20,37-38,43H,3-7,9,12,14-15,18,21-36H2,1-2H3,(H,42,44)(H,46,47)(H,48,49)/b10-8-,13-11-,17-16-,20-19-. The molecule has 0 spiro atoms. The Hall–Kier alpha value is -2.56. The number of allylic oxidation sites excluding steroid dienone is 8. The number of aliphatic hydroxyl groups is 1. The molecule has 0 saturated carbocycles. The Morgan fingerprint density at radius 1 is 0.604 bits per heavy atom. The smallest absolute Gasteiger partial charge is 0.472 e. The molecule has 0 aromatic heterocycles. The van der Waals surface area contributed by atoms with Gasteiger partial charge in [0.1, 0.15) is 12.7 Å². The lowest BCUT2D eigenvalue weighted by molar-refractivity contribution is -0.147. The van der Waals surface area contributed by atoms with Gasteiger partial charge in [-0.3, -0.25) is 18.6 Å². The quantitative estimate of drug-likeness (QED) is 0.0207. The summed E-state index contributed by atoms with van der Waals surface area (Å²) in [6.45, 7) is 2.46. The molecule has 3 unspecified atom stereocenters. The van der Waals surface area contributed by atoms with E-state index in [0.29, 0.717) is 12.8 Å². The molecule has 0 bridgehead atoms. The van der Waals surface area contributed by atoms with E-state index in [1.807, 2.05) is 0 Å². The average Bonchev–Trinajstić information content (AvgIpc) is 3.13. The van der Waals surface area contributed by atoms with Gasteiger partial charge in [-0.15, -0.1) is 0 Å². The van der Waals surface area contributed by atoms with E-state index in [-0.39, 0.29) is 12.8 Å². The summed E-state index contributed by atoms with van der Waals surface area (Å²) in [5.41, 5.74) is 0. The van der Waals surface area contributed by atoms with Gasteiger partial charge in [-0.25, -0.2) is 9.36 Å². The number of aliphatic carboxylic acids is 1. The van der Waals surface area contributed by atoms with Crippen LogP contribution in [0, 0.1) is 0 Å². The molecule has 0 aromatic rings. The summed E-state index contributed by atoms with van der Waals surface area (Å²) in [6, 6.07) is -1.55. The summed E-state index contributed by atoms with van der Waals surface area (Å²) in [7, 11) is -4.76. The third kappa shape index (κ3) is 36.2. The summed E-state index contributed by atoms with van der Waals surface area (Å²) in [4.78, 5) is 45.7. The number of rotatable bonds is 37. The van der Waals surface area contributed by atoms with E-state index in [1.54, 1.807) is 0 Å². The fourth-order valence-electron chi connectivity index (χ4n) is 5.15. The van der Waals surface area contributed by atoms with Crippen LogP contribution in [0.15, 0.2) is 48.6 Å². The van der Waals surface area contributed by atoms with Gasteiger partial charge < -0.3 is 25.2 Å². The SMILES string of the molecule is CCC/C=C\CCCCCCCC(=O)OCC(O)COP(=O)(O)OCC(NC(=O)CCCCCCCC/C=C\C/C=C\C/C=C\CCCCC)C(=O)O. The molecule has 1 amide bonds. The Morgan fingerprint density at radius 2 is 1.08 bits per heavy atom. The molecular weight excluding hydrogens is 697 g/mol. The number of phosphoric acid groups is 1. The minimum absolute atomic E-state index is 0.129. The van der Waals surface area contributed by atoms with E-state index >= 15 is 0 Å². The Bertz CT molecular complexity index is 1090. The number of ether oxygens (including phenoxy) is 1. The minimum atomic E-state index is -4.76. The molecule has 0 aromatic carbocycles. The van der Waals surface area contributed by atoms with Crippen molar-refractivity contribution < 1.29 is 47.8 Å². The van der Waals surface area contributed by atoms with Crippen LogP contribution in [0.5, 0.6) is 0 Å². The summed E-state index contributed by atoms with van der Waals surface area (Å²) < 4.78 is 26.7. The molecule has 0 rings (SSSR count). The van der Waals surface area contributed by atoms with Crippen LogP contribution in [0.3, 0.4) is 0 Å². The number of amides is 1. The normalized spacial score (nSPS) is 14.3. The van der Waals surface area contributed by atoms with Gasteiger partial charge >= 0.3 is 19.8 Å². The second-order valence-electron chi connectivity index (χ2n) is 13.5. The van der Waals surface area contributed by atoms with E-state index in [1.165, 1.54) is 25.7 Å². The van der Waals surface area contributed by atoms with Crippen LogP contribution in [0.2, 0.25) is 0 Å². The maximum absolute atomic E-state index is 12.3. The lowest BCUT2D eigenvalue weighted by Gasteiger charge is -2.18. The zero-order valence-corrected chi connectivity index (χ0v) is 33.7. The second kappa shape index (κ2) is 36.4. The second-order valence-corrected chi connectivity index (χ2v) is 14.9. The zero-order valence-electron chi connectivity index (χ0n) is 32.8. The van der Waals surface area contributed by atoms with E-state index in [9.17, 15) is 34.1 Å². The Labute approximate surface area is 320 Å². The third-order valence-electron chi connectivity index (χ3n) is 8.32. The number of esters is 1. The monoisotopic (exact) mass is 769 g/mol. The summed E-state index contributed by atoms with van der Waals surface area (Å²) in [5.74, 6) is -2.41. The summed E-state index contributed by atoms with van der Waals surface area (Å²) >= 11 is 0. The van der Waals surface area contributed by atoms with E-state index in [2.05, 4.69) is 67.8 Å². The molecule has 3 atom stereocenters. The number of carboxylic acid groups (broad SMARTS) is 1. The van der Waals surface area contributed by atoms with Gasteiger partial charge in [-0.2, -0.15) is 0 Å². The number of carboxylic acids is 1. The third-order valence-corrected chi connectivity index (χ3v) is 9.27. The molecule has 306 valence electrons. The van der Waals surface area contributed by atoms with Crippen molar-refractivity contribution in [1.82, 2.24) is 5.32 Å². The predicted molar refractivity (Wildman–Crippen MR) is 212 cm³/mol. The zero-order chi connectivity index (χ0) is 39.3. The van der Waals surface area contributed by atoms with Gasteiger partial charge in [0.25, 0.3) is 0 Å². The van der Waals surface area contributed by atoms with Crippen LogP contribution in [0.25, 0.3) is 0 Å². The first-order valence-corrected chi connectivity index (χ1v) is 21.7. The first kappa shape index (κ1) is 50.4. The molecular formula is C41H72NO10P. The molecule has 0 saturated heterocycles. The van der Waals surface area contributed by atoms with E-state index in [0.717, 1.165) is 96.3 Å². The Kier molecular flexibility index (Phi) is 34.7. The van der Waals surface area contributed by atoms with Crippen LogP contribution >= 0.6 is 7.82 Å². The molecule has 12 heteroatoms. The average molecular weight is 770 g/mol. The van der Waals surface area contributed by atoms with Crippen molar-refractivity contribution in [3.05, 3.63) is 48.6 Å². The molecule has 53 heavy (non-hydrogen) atoms. The Morgan fingerprint density at radius 3 is 1.64 bits per heavy atom. The summed E-state index contributed by atoms with van der Waals surface area (Å²) in [6.07, 6.45) is 38.6. The van der Waals surface area contributed by atoms with Gasteiger partial charge in [0, 0.05) is 12.8 Å². The summed E-state index contributed by atoms with van der Waals surface area (Å²) in [5, 5.41) is 21.7. The molecule has 0 aliphatic heterocycles. The number of phosphoric ester groups is 1. The van der Waals surface area contributed by atoms with Gasteiger partial charge in [0.05, 0.1) is 13.2 Å². The maximum atomic E-state index is 12.3. The van der Waals surface area contributed by atoms with E-state index < -0.39 is 57.6 Å². The van der Waals surface area contributed by atoms with Gasteiger partial charge in [0.2, 0.25) is 5.91 Å². The van der Waals surface area contributed by atoms with Crippen molar-refractivity contribution in [3.63, 3.8) is 0 Å². The number of carbonyl (C=O) groups excluding carboxylic acids is 2. The van der Waals surface area contributed by atoms with Crippen molar-refractivity contribution in [2.24, 2.45) is 0 Å². The van der Waals surface area contributed by atoms with Crippen LogP contribution < -0.4 is 5.32 Å². The molecule has 0 fully saturated rings. The van der Waals surface area contributed by atoms with Crippen molar-refractivity contribution in [1.29, 1.82) is 0 Å². The highest BCUT2D eigenvalue weighted by Crippen LogP contribution is 2.43. The largest absolute Gasteiger partial charge is 0.480 e. The highest BCUT2D eigenvalue weighted by atomic mass is 31.2. The maximum Gasteiger partial charge on any atom is 0.472 e. The molecule has 0 aliphatic rings. The molecule has 0 radical (unpaired) electrons. The minimum Gasteiger partial charge on any atom is -0.480 e. The van der Waals surface area contributed by atoms with Crippen LogP contribution in [-0.4, -0.2) is 64.9 Å². The number of unbranched alkanes of at least 4 members (excludes halogenated alkanes) is 15. The fraction of sp³-hybridized carbons (Fsp3) is 0.732. The van der Waals surface area contributed by atoms with Crippen LogP contribution in [0.4, 0.5) is 0 Å². The number of hydrogen-bond donors (Lipinski definition) is 4. The number of aliphatic hydroxyl groups excluding tert-OH is 1. The molecule has 4 N–H and O–H groups in total. The van der Waals surface area contributed by atoms with E-state index in [4.69, 9.17) is 13.8 Å². The Balaban J connectivity index is 3.98. The van der Waals surface area contributed by atoms with Crippen molar-refractivity contribution in [2.45, 2.75) is 174 Å². The molecule has 11 nitrogen and oxygen atoms in total. The number of hydrogen-bond acceptors (Lipinski definition) is 8. The lowest BCUT2D eigenvalue weighted by atomic mass is 10.1. The topological polar surface area (TPSA) is 169 Å². The highest BCUT2D eigenvalue weighted by molar-refractivity contribution is 7.47. The first-order valence-electron chi connectivity index (χ1n) is 20.2. The van der Waals surface area contributed by atoms with Gasteiger partial charge in [0.15, 0.2) is 6.04 Å². The predicted octanol–water partition coefficient (Wildman–Crippen LogP) is 9.83. The van der Waals surface area contributed by atoms with Crippen LogP contribution in [0.1, 0.15) is 162 Å². The molecule has 0 aliphatic carbocycles. The van der Waals surface area contributed by atoms with Gasteiger partial charge in [-0.05, 0) is 70.6 Å². The van der Waals surface area contributed by atoms with Gasteiger partial charge in [-0.1, -0.05) is 127 Å². The van der Waals surface area contributed by atoms with Crippen molar-refractivity contribution in [3.8, 4) is 0 Å². The van der Waals surface area contributed by atoms with Crippen molar-refractivity contribution >= 4 is 25.7 Å². The van der Waals surface area contributed by atoms with Crippen LogP contribution in [-0.2, 0) is 32.7 Å². The lowest BCUT2D eigenvalue weighted by Crippen LogP contribution is -2.43. The number of nitrogens with one attached hydrogen (secondary N) is 1. The first-order chi connectivity index (χ1) is 25.6.